The maximum Gasteiger partial charge on any atom is 0.410 e. The van der Waals surface area contributed by atoms with Crippen LogP contribution in [0.15, 0.2) is 78.9 Å². The van der Waals surface area contributed by atoms with Gasteiger partial charge in [-0.15, -0.1) is 0 Å². The second-order valence-electron chi connectivity index (χ2n) is 8.17. The molecule has 7 heteroatoms. The zero-order valence-corrected chi connectivity index (χ0v) is 19.6. The number of benzene rings is 3. The molecular weight excluding hydrogens is 459 g/mol. The molecular formula is C26H26Cl2N2O3. The number of hydrogen-bond donors (Lipinski definition) is 1. The molecule has 0 aliphatic carbocycles. The maximum atomic E-state index is 12.7. The number of ether oxygens (including phenoxy) is 1. The highest BCUT2D eigenvalue weighted by molar-refractivity contribution is 6.31. The highest BCUT2D eigenvalue weighted by Crippen LogP contribution is 2.27. The van der Waals surface area contributed by atoms with Crippen molar-refractivity contribution in [3.63, 3.8) is 0 Å². The van der Waals surface area contributed by atoms with Gasteiger partial charge in [-0.3, -0.25) is 4.90 Å². The van der Waals surface area contributed by atoms with Crippen LogP contribution in [0.25, 0.3) is 0 Å². The molecule has 1 fully saturated rings. The zero-order chi connectivity index (χ0) is 23.2. The topological polar surface area (TPSA) is 53.0 Å². The minimum absolute atomic E-state index is 0.194. The highest BCUT2D eigenvalue weighted by Gasteiger charge is 2.38. The maximum absolute atomic E-state index is 12.7. The highest BCUT2D eigenvalue weighted by atomic mass is 35.5. The van der Waals surface area contributed by atoms with E-state index in [0.29, 0.717) is 29.7 Å². The first-order chi connectivity index (χ1) is 16.0. The monoisotopic (exact) mass is 484 g/mol. The molecule has 1 amide bonds. The van der Waals surface area contributed by atoms with Crippen LogP contribution in [-0.2, 0) is 24.4 Å². The van der Waals surface area contributed by atoms with E-state index in [2.05, 4.69) is 4.90 Å². The molecule has 33 heavy (non-hydrogen) atoms. The van der Waals surface area contributed by atoms with Crippen molar-refractivity contribution in [1.82, 2.24) is 9.80 Å². The molecule has 1 heterocycles. The van der Waals surface area contributed by atoms with Gasteiger partial charge in [-0.05, 0) is 28.8 Å². The number of rotatable bonds is 7. The van der Waals surface area contributed by atoms with Crippen molar-refractivity contribution in [3.05, 3.63) is 106 Å². The van der Waals surface area contributed by atoms with E-state index in [4.69, 9.17) is 27.9 Å². The molecule has 5 nitrogen and oxygen atoms in total. The third-order valence-electron chi connectivity index (χ3n) is 5.85. The van der Waals surface area contributed by atoms with E-state index >= 15 is 0 Å². The molecule has 3 aromatic rings. The van der Waals surface area contributed by atoms with Crippen molar-refractivity contribution in [2.75, 3.05) is 13.1 Å². The number of likely N-dealkylation sites (tertiary alicyclic amines) is 1. The summed E-state index contributed by atoms with van der Waals surface area (Å²) in [5.41, 5.74) is 2.81. The first kappa shape index (κ1) is 23.6. The van der Waals surface area contributed by atoms with Gasteiger partial charge in [0.25, 0.3) is 0 Å². The number of nitrogens with zero attached hydrogens (tertiary/aromatic N) is 2. The number of amides is 1. The number of aliphatic hydroxyl groups is 1. The Morgan fingerprint density at radius 3 is 2.00 bits per heavy atom. The van der Waals surface area contributed by atoms with Gasteiger partial charge in [-0.1, -0.05) is 89.9 Å². The SMILES string of the molecule is O=C(OCc1ccccc1)N1C[C@@H](O)[C@H](N(Cc2ccccc2Cl)Cc2ccccc2Cl)C1. The lowest BCUT2D eigenvalue weighted by atomic mass is 10.1. The summed E-state index contributed by atoms with van der Waals surface area (Å²) in [6.07, 6.45) is -1.16. The summed E-state index contributed by atoms with van der Waals surface area (Å²) < 4.78 is 5.48. The molecule has 4 rings (SSSR count). The van der Waals surface area contributed by atoms with Crippen LogP contribution in [-0.4, -0.2) is 46.2 Å². The fourth-order valence-corrected chi connectivity index (χ4v) is 4.46. The summed E-state index contributed by atoms with van der Waals surface area (Å²) >= 11 is 12.8. The molecule has 1 aliphatic heterocycles. The average molecular weight is 485 g/mol. The lowest BCUT2D eigenvalue weighted by Gasteiger charge is -2.31. The van der Waals surface area contributed by atoms with Crippen LogP contribution in [0.3, 0.4) is 0 Å². The minimum Gasteiger partial charge on any atom is -0.445 e. The summed E-state index contributed by atoms with van der Waals surface area (Å²) in [7, 11) is 0. The molecule has 0 spiro atoms. The summed E-state index contributed by atoms with van der Waals surface area (Å²) in [6.45, 7) is 1.78. The first-order valence-corrected chi connectivity index (χ1v) is 11.6. The Morgan fingerprint density at radius 2 is 1.42 bits per heavy atom. The van der Waals surface area contributed by atoms with Crippen LogP contribution in [0.1, 0.15) is 16.7 Å². The second kappa shape index (κ2) is 11.0. The van der Waals surface area contributed by atoms with Crippen molar-refractivity contribution in [2.24, 2.45) is 0 Å². The smallest absolute Gasteiger partial charge is 0.410 e. The van der Waals surface area contributed by atoms with Crippen LogP contribution < -0.4 is 0 Å². The van der Waals surface area contributed by atoms with Crippen molar-refractivity contribution in [2.45, 2.75) is 31.8 Å². The van der Waals surface area contributed by atoms with E-state index in [0.717, 1.165) is 16.7 Å². The van der Waals surface area contributed by atoms with Crippen molar-refractivity contribution in [1.29, 1.82) is 0 Å². The van der Waals surface area contributed by atoms with E-state index in [9.17, 15) is 9.90 Å². The van der Waals surface area contributed by atoms with E-state index in [-0.39, 0.29) is 19.2 Å². The van der Waals surface area contributed by atoms with Gasteiger partial charge in [0.2, 0.25) is 0 Å². The summed E-state index contributed by atoms with van der Waals surface area (Å²) in [5.74, 6) is 0. The predicted molar refractivity (Wildman–Crippen MR) is 130 cm³/mol. The Labute approximate surface area is 204 Å². The predicted octanol–water partition coefficient (Wildman–Crippen LogP) is 5.38. The van der Waals surface area contributed by atoms with Crippen molar-refractivity contribution < 1.29 is 14.6 Å². The number of aliphatic hydroxyl groups excluding tert-OH is 1. The molecule has 1 N–H and O–H groups in total. The molecule has 0 saturated carbocycles. The number of halogens is 2. The average Bonchev–Trinajstić information content (AvgIpc) is 3.22. The van der Waals surface area contributed by atoms with E-state index in [1.165, 1.54) is 0 Å². The van der Waals surface area contributed by atoms with E-state index < -0.39 is 12.2 Å². The van der Waals surface area contributed by atoms with Crippen LogP contribution in [0, 0.1) is 0 Å². The Hall–Kier alpha value is -2.57. The number of β-amino-alcohol motifs (C(OH)–C–C–N with tert-alkyl or cyclic N) is 1. The number of hydrogen-bond acceptors (Lipinski definition) is 4. The summed E-state index contributed by atoms with van der Waals surface area (Å²) in [4.78, 5) is 16.4. The summed E-state index contributed by atoms with van der Waals surface area (Å²) in [6, 6.07) is 24.5. The van der Waals surface area contributed by atoms with Crippen LogP contribution >= 0.6 is 23.2 Å². The number of carbonyl (C=O) groups is 1. The molecule has 172 valence electrons. The van der Waals surface area contributed by atoms with Gasteiger partial charge in [-0.25, -0.2) is 4.79 Å². The lowest BCUT2D eigenvalue weighted by molar-refractivity contribution is 0.0728. The number of carbonyl (C=O) groups excluding carboxylic acids is 1. The third kappa shape index (κ3) is 6.06. The van der Waals surface area contributed by atoms with Crippen LogP contribution in [0.2, 0.25) is 10.0 Å². The van der Waals surface area contributed by atoms with Crippen molar-refractivity contribution >= 4 is 29.3 Å². The van der Waals surface area contributed by atoms with Gasteiger partial charge in [0.05, 0.1) is 18.7 Å². The Kier molecular flexibility index (Phi) is 7.89. The van der Waals surface area contributed by atoms with Gasteiger partial charge in [0, 0.05) is 29.7 Å². The van der Waals surface area contributed by atoms with Gasteiger partial charge in [0.1, 0.15) is 6.61 Å². The first-order valence-electron chi connectivity index (χ1n) is 10.9. The lowest BCUT2D eigenvalue weighted by Crippen LogP contribution is -2.42. The second-order valence-corrected chi connectivity index (χ2v) is 8.98. The Morgan fingerprint density at radius 1 is 0.879 bits per heavy atom. The molecule has 1 aliphatic rings. The molecule has 2 atom stereocenters. The summed E-state index contributed by atoms with van der Waals surface area (Å²) in [5, 5.41) is 12.2. The third-order valence-corrected chi connectivity index (χ3v) is 6.59. The van der Waals surface area contributed by atoms with E-state index in [1.54, 1.807) is 4.90 Å². The molecule has 0 radical (unpaired) electrons. The van der Waals surface area contributed by atoms with Gasteiger partial charge >= 0.3 is 6.09 Å². The van der Waals surface area contributed by atoms with Crippen molar-refractivity contribution in [3.8, 4) is 0 Å². The largest absolute Gasteiger partial charge is 0.445 e. The molecule has 0 bridgehead atoms. The normalized spacial score (nSPS) is 18.0. The van der Waals surface area contributed by atoms with E-state index in [1.807, 2.05) is 78.9 Å². The fourth-order valence-electron chi connectivity index (χ4n) is 4.07. The Balaban J connectivity index is 1.49. The standard InChI is InChI=1S/C26H26Cl2N2O3/c27-22-12-6-4-10-20(22)14-29(15-21-11-5-7-13-23(21)28)24-16-30(17-25(24)31)26(32)33-18-19-8-2-1-3-9-19/h1-13,24-25,31H,14-18H2/t24-,25-/m1/s1. The van der Waals surface area contributed by atoms with Crippen LogP contribution in [0.4, 0.5) is 4.79 Å². The quantitative estimate of drug-likeness (QED) is 0.489. The molecule has 0 aromatic heterocycles. The van der Waals surface area contributed by atoms with Crippen LogP contribution in [0.5, 0.6) is 0 Å². The van der Waals surface area contributed by atoms with Gasteiger partial charge < -0.3 is 14.7 Å². The zero-order valence-electron chi connectivity index (χ0n) is 18.1. The Bertz CT molecular complexity index is 1030. The van der Waals surface area contributed by atoms with Gasteiger partial charge in [-0.2, -0.15) is 0 Å². The molecule has 1 saturated heterocycles. The van der Waals surface area contributed by atoms with Gasteiger partial charge in [0.15, 0.2) is 0 Å². The fraction of sp³-hybridized carbons (Fsp3) is 0.269. The molecule has 3 aromatic carbocycles. The molecule has 0 unspecified atom stereocenters. The minimum atomic E-state index is -0.723.